The average Bonchev–Trinajstić information content (AvgIpc) is 2.74. The van der Waals surface area contributed by atoms with E-state index in [1.165, 1.54) is 0 Å². The minimum atomic E-state index is 0.628. The SMILES string of the molecule is CCn1ccc(CNC(=S)NCCOC)n1. The molecule has 1 aromatic rings. The molecule has 1 rings (SSSR count). The van der Waals surface area contributed by atoms with Crippen molar-refractivity contribution in [1.29, 1.82) is 0 Å². The lowest BCUT2D eigenvalue weighted by molar-refractivity contribution is 0.204. The molecule has 16 heavy (non-hydrogen) atoms. The minimum absolute atomic E-state index is 0.628. The maximum absolute atomic E-state index is 5.09. The van der Waals surface area contributed by atoms with Crippen molar-refractivity contribution in [2.45, 2.75) is 20.0 Å². The molecule has 0 aliphatic rings. The van der Waals surface area contributed by atoms with Crippen LogP contribution in [0.4, 0.5) is 0 Å². The number of rotatable bonds is 6. The smallest absolute Gasteiger partial charge is 0.166 e. The molecule has 0 aliphatic carbocycles. The first kappa shape index (κ1) is 12.9. The van der Waals surface area contributed by atoms with Gasteiger partial charge in [-0.15, -0.1) is 0 Å². The molecular weight excluding hydrogens is 224 g/mol. The van der Waals surface area contributed by atoms with Crippen molar-refractivity contribution in [3.8, 4) is 0 Å². The third kappa shape index (κ3) is 4.59. The Morgan fingerprint density at radius 3 is 3.00 bits per heavy atom. The molecular formula is C10H18N4OS. The van der Waals surface area contributed by atoms with Crippen LogP contribution >= 0.6 is 12.2 Å². The lowest BCUT2D eigenvalue weighted by Gasteiger charge is -2.08. The molecule has 5 nitrogen and oxygen atoms in total. The second-order valence-electron chi connectivity index (χ2n) is 3.27. The average molecular weight is 242 g/mol. The molecule has 0 aromatic carbocycles. The fourth-order valence-electron chi connectivity index (χ4n) is 1.17. The van der Waals surface area contributed by atoms with Gasteiger partial charge in [0.2, 0.25) is 0 Å². The second kappa shape index (κ2) is 7.19. The molecule has 0 aliphatic heterocycles. The number of thiocarbonyl (C=S) groups is 1. The highest BCUT2D eigenvalue weighted by Gasteiger charge is 1.99. The number of hydrogen-bond donors (Lipinski definition) is 2. The Morgan fingerprint density at radius 1 is 1.56 bits per heavy atom. The summed E-state index contributed by atoms with van der Waals surface area (Å²) in [5, 5.41) is 11.1. The predicted octanol–water partition coefficient (Wildman–Crippen LogP) is 0.513. The number of aromatic nitrogens is 2. The van der Waals surface area contributed by atoms with Crippen LogP contribution in [0.3, 0.4) is 0 Å². The summed E-state index contributed by atoms with van der Waals surface area (Å²) in [6.45, 7) is 4.95. The fourth-order valence-corrected chi connectivity index (χ4v) is 1.35. The van der Waals surface area contributed by atoms with Crippen molar-refractivity contribution in [2.24, 2.45) is 0 Å². The number of methoxy groups -OCH3 is 1. The van der Waals surface area contributed by atoms with E-state index in [-0.39, 0.29) is 0 Å². The molecule has 0 fully saturated rings. The van der Waals surface area contributed by atoms with Gasteiger partial charge in [0.1, 0.15) is 0 Å². The number of ether oxygens (including phenoxy) is 1. The fraction of sp³-hybridized carbons (Fsp3) is 0.600. The lowest BCUT2D eigenvalue weighted by atomic mass is 10.4. The minimum Gasteiger partial charge on any atom is -0.383 e. The zero-order valence-electron chi connectivity index (χ0n) is 9.69. The zero-order valence-corrected chi connectivity index (χ0v) is 10.5. The Hall–Kier alpha value is -1.14. The summed E-state index contributed by atoms with van der Waals surface area (Å²) in [5.74, 6) is 0. The Labute approximate surface area is 101 Å². The van der Waals surface area contributed by atoms with Crippen molar-refractivity contribution >= 4 is 17.3 Å². The molecule has 0 amide bonds. The van der Waals surface area contributed by atoms with Crippen LogP contribution in [0.25, 0.3) is 0 Å². The van der Waals surface area contributed by atoms with Gasteiger partial charge in [-0.25, -0.2) is 0 Å². The van der Waals surface area contributed by atoms with E-state index >= 15 is 0 Å². The first-order chi connectivity index (χ1) is 7.76. The second-order valence-corrected chi connectivity index (χ2v) is 3.67. The van der Waals surface area contributed by atoms with Crippen LogP contribution < -0.4 is 10.6 Å². The molecule has 1 aromatic heterocycles. The molecule has 0 atom stereocenters. The summed E-state index contributed by atoms with van der Waals surface area (Å²) < 4.78 is 6.79. The number of aryl methyl sites for hydroxylation is 1. The number of hydrogen-bond acceptors (Lipinski definition) is 3. The van der Waals surface area contributed by atoms with E-state index < -0.39 is 0 Å². The van der Waals surface area contributed by atoms with Gasteiger partial charge in [0.25, 0.3) is 0 Å². The van der Waals surface area contributed by atoms with Crippen LogP contribution in [0, 0.1) is 0 Å². The van der Waals surface area contributed by atoms with E-state index in [1.54, 1.807) is 7.11 Å². The quantitative estimate of drug-likeness (QED) is 0.562. The van der Waals surface area contributed by atoms with Gasteiger partial charge in [-0.05, 0) is 25.2 Å². The Bertz CT molecular complexity index is 326. The first-order valence-corrected chi connectivity index (χ1v) is 5.70. The van der Waals surface area contributed by atoms with Crippen LogP contribution in [0.2, 0.25) is 0 Å². The summed E-state index contributed by atoms with van der Waals surface area (Å²) in [4.78, 5) is 0. The maximum Gasteiger partial charge on any atom is 0.166 e. The summed E-state index contributed by atoms with van der Waals surface area (Å²) in [6, 6.07) is 1.98. The highest BCUT2D eigenvalue weighted by atomic mass is 32.1. The van der Waals surface area contributed by atoms with Gasteiger partial charge in [0.15, 0.2) is 5.11 Å². The van der Waals surface area contributed by atoms with Crippen LogP contribution in [-0.2, 0) is 17.8 Å². The predicted molar refractivity (Wildman–Crippen MR) is 67.2 cm³/mol. The maximum atomic E-state index is 5.09. The monoisotopic (exact) mass is 242 g/mol. The summed E-state index contributed by atoms with van der Waals surface area (Å²) in [6.07, 6.45) is 1.96. The number of nitrogens with zero attached hydrogens (tertiary/aromatic N) is 2. The molecule has 0 saturated carbocycles. The molecule has 2 N–H and O–H groups in total. The first-order valence-electron chi connectivity index (χ1n) is 5.29. The molecule has 0 saturated heterocycles. The van der Waals surface area contributed by atoms with Gasteiger partial charge < -0.3 is 15.4 Å². The van der Waals surface area contributed by atoms with Gasteiger partial charge >= 0.3 is 0 Å². The zero-order chi connectivity index (χ0) is 11.8. The van der Waals surface area contributed by atoms with E-state index in [4.69, 9.17) is 17.0 Å². The summed E-state index contributed by atoms with van der Waals surface area (Å²) >= 11 is 5.09. The normalized spacial score (nSPS) is 10.1. The van der Waals surface area contributed by atoms with E-state index in [9.17, 15) is 0 Å². The number of nitrogens with one attached hydrogen (secondary N) is 2. The van der Waals surface area contributed by atoms with Crippen LogP contribution in [0.15, 0.2) is 12.3 Å². The molecule has 0 radical (unpaired) electrons. The van der Waals surface area contributed by atoms with Gasteiger partial charge in [0, 0.05) is 26.4 Å². The topological polar surface area (TPSA) is 51.1 Å². The van der Waals surface area contributed by atoms with Crippen molar-refractivity contribution in [1.82, 2.24) is 20.4 Å². The van der Waals surface area contributed by atoms with Crippen molar-refractivity contribution < 1.29 is 4.74 Å². The molecule has 1 heterocycles. The van der Waals surface area contributed by atoms with Crippen molar-refractivity contribution in [2.75, 3.05) is 20.3 Å². The molecule has 0 bridgehead atoms. The van der Waals surface area contributed by atoms with Gasteiger partial charge in [0.05, 0.1) is 18.8 Å². The highest BCUT2D eigenvalue weighted by molar-refractivity contribution is 7.80. The van der Waals surface area contributed by atoms with Crippen LogP contribution in [0.1, 0.15) is 12.6 Å². The molecule has 0 unspecified atom stereocenters. The van der Waals surface area contributed by atoms with E-state index in [2.05, 4.69) is 22.7 Å². The molecule has 6 heteroatoms. The third-order valence-electron chi connectivity index (χ3n) is 2.04. The van der Waals surface area contributed by atoms with Gasteiger partial charge in [-0.2, -0.15) is 5.10 Å². The largest absolute Gasteiger partial charge is 0.383 e. The van der Waals surface area contributed by atoms with Crippen LogP contribution in [-0.4, -0.2) is 35.2 Å². The molecule has 90 valence electrons. The standard InChI is InChI=1S/C10H18N4OS/c1-3-14-6-4-9(13-14)8-12-10(16)11-5-7-15-2/h4,6H,3,5,7-8H2,1-2H3,(H2,11,12,16). The third-order valence-corrected chi connectivity index (χ3v) is 2.33. The van der Waals surface area contributed by atoms with Crippen molar-refractivity contribution in [3.05, 3.63) is 18.0 Å². The lowest BCUT2D eigenvalue weighted by Crippen LogP contribution is -2.36. The van der Waals surface area contributed by atoms with Crippen LogP contribution in [0.5, 0.6) is 0 Å². The van der Waals surface area contributed by atoms with E-state index in [1.807, 2.05) is 16.9 Å². The van der Waals surface area contributed by atoms with Crippen molar-refractivity contribution in [3.63, 3.8) is 0 Å². The summed E-state index contributed by atoms with van der Waals surface area (Å²) in [5.41, 5.74) is 0.984. The van der Waals surface area contributed by atoms with E-state index in [0.29, 0.717) is 24.8 Å². The van der Waals surface area contributed by atoms with Gasteiger partial charge in [-0.1, -0.05) is 0 Å². The Balaban J connectivity index is 2.20. The highest BCUT2D eigenvalue weighted by Crippen LogP contribution is 1.94. The Kier molecular flexibility index (Phi) is 5.81. The van der Waals surface area contributed by atoms with Gasteiger partial charge in [-0.3, -0.25) is 4.68 Å². The van der Waals surface area contributed by atoms with E-state index in [0.717, 1.165) is 12.2 Å². The molecule has 0 spiro atoms. The Morgan fingerprint density at radius 2 is 2.38 bits per heavy atom. The summed E-state index contributed by atoms with van der Waals surface area (Å²) in [7, 11) is 1.66.